The van der Waals surface area contributed by atoms with Crippen molar-refractivity contribution in [2.24, 2.45) is 0 Å². The number of hydrogen-bond donors (Lipinski definition) is 1. The molecular formula is C21H25ClN8O3S. The van der Waals surface area contributed by atoms with Crippen molar-refractivity contribution in [1.29, 1.82) is 0 Å². The maximum absolute atomic E-state index is 12.7. The zero-order chi connectivity index (χ0) is 24.3. The van der Waals surface area contributed by atoms with Crippen molar-refractivity contribution in [1.82, 2.24) is 34.3 Å². The van der Waals surface area contributed by atoms with Crippen LogP contribution in [0.15, 0.2) is 53.4 Å². The number of urea groups is 1. The number of tetrazole rings is 1. The largest absolute Gasteiger partial charge is 0.322 e. The zero-order valence-corrected chi connectivity index (χ0v) is 20.4. The van der Waals surface area contributed by atoms with Gasteiger partial charge in [-0.2, -0.15) is 4.68 Å². The number of piperazine rings is 1. The van der Waals surface area contributed by atoms with Crippen LogP contribution in [0.2, 0.25) is 5.02 Å². The number of carbonyl (C=O) groups excluding carboxylic acids is 1. The first kappa shape index (κ1) is 24.1. The Hall–Kier alpha value is -3.06. The molecule has 11 nitrogen and oxygen atoms in total. The summed E-state index contributed by atoms with van der Waals surface area (Å²) >= 11 is 5.96. The molecule has 1 saturated heterocycles. The summed E-state index contributed by atoms with van der Waals surface area (Å²) in [5.41, 5.74) is 1.36. The molecule has 0 radical (unpaired) electrons. The fraction of sp³-hybridized carbons (Fsp3) is 0.333. The van der Waals surface area contributed by atoms with Gasteiger partial charge >= 0.3 is 6.03 Å². The van der Waals surface area contributed by atoms with Gasteiger partial charge in [-0.1, -0.05) is 11.6 Å². The number of benzene rings is 2. The number of amides is 2. The minimum absolute atomic E-state index is 0.171. The standard InChI is InChI=1S/C21H25ClN8O3S/c1-27(2)34(32,33)19-9-5-17(6-10-19)23-21(31)29-13-11-28(12-14-29)15-20-24-25-26-30(20)18-7-3-16(22)4-8-18/h3-10H,11-15H2,1-2H3,(H,23,31). The van der Waals surface area contributed by atoms with E-state index in [4.69, 9.17) is 11.6 Å². The molecule has 1 aromatic heterocycles. The van der Waals surface area contributed by atoms with Crippen molar-refractivity contribution in [2.75, 3.05) is 45.6 Å². The summed E-state index contributed by atoms with van der Waals surface area (Å²) in [6, 6.07) is 13.2. The highest BCUT2D eigenvalue weighted by Crippen LogP contribution is 2.18. The lowest BCUT2D eigenvalue weighted by atomic mass is 10.3. The number of nitrogens with zero attached hydrogens (tertiary/aromatic N) is 7. The van der Waals surface area contributed by atoms with Crippen LogP contribution in [0.25, 0.3) is 5.69 Å². The highest BCUT2D eigenvalue weighted by Gasteiger charge is 2.23. The fourth-order valence-electron chi connectivity index (χ4n) is 3.52. The smallest absolute Gasteiger partial charge is 0.321 e. The van der Waals surface area contributed by atoms with Crippen LogP contribution in [-0.4, -0.2) is 89.0 Å². The minimum atomic E-state index is -3.51. The van der Waals surface area contributed by atoms with Crippen LogP contribution in [-0.2, 0) is 16.6 Å². The summed E-state index contributed by atoms with van der Waals surface area (Å²) in [6.07, 6.45) is 0. The van der Waals surface area contributed by atoms with E-state index >= 15 is 0 Å². The van der Waals surface area contributed by atoms with Crippen molar-refractivity contribution >= 4 is 33.3 Å². The molecule has 1 fully saturated rings. The van der Waals surface area contributed by atoms with Gasteiger partial charge in [0.2, 0.25) is 10.0 Å². The summed E-state index contributed by atoms with van der Waals surface area (Å²) in [6.45, 7) is 2.97. The first-order chi connectivity index (χ1) is 16.2. The third-order valence-corrected chi connectivity index (χ3v) is 7.60. The van der Waals surface area contributed by atoms with E-state index in [1.807, 2.05) is 12.1 Å². The van der Waals surface area contributed by atoms with Gasteiger partial charge in [-0.25, -0.2) is 17.5 Å². The number of anilines is 1. The Morgan fingerprint density at radius 3 is 2.29 bits per heavy atom. The molecular weight excluding hydrogens is 480 g/mol. The second kappa shape index (κ2) is 10.1. The van der Waals surface area contributed by atoms with Crippen LogP contribution in [0.3, 0.4) is 0 Å². The highest BCUT2D eigenvalue weighted by atomic mass is 35.5. The van der Waals surface area contributed by atoms with Gasteiger partial charge in [-0.15, -0.1) is 5.10 Å². The third-order valence-electron chi connectivity index (χ3n) is 5.51. The topological polar surface area (TPSA) is 117 Å². The lowest BCUT2D eigenvalue weighted by Gasteiger charge is -2.34. The highest BCUT2D eigenvalue weighted by molar-refractivity contribution is 7.89. The zero-order valence-electron chi connectivity index (χ0n) is 18.8. The monoisotopic (exact) mass is 504 g/mol. The first-order valence-corrected chi connectivity index (χ1v) is 12.4. The maximum Gasteiger partial charge on any atom is 0.321 e. The van der Waals surface area contributed by atoms with Crippen molar-refractivity contribution < 1.29 is 13.2 Å². The minimum Gasteiger partial charge on any atom is -0.322 e. The average Bonchev–Trinajstić information content (AvgIpc) is 3.28. The molecule has 1 aliphatic heterocycles. The van der Waals surface area contributed by atoms with E-state index in [1.54, 1.807) is 33.8 Å². The van der Waals surface area contributed by atoms with Crippen LogP contribution in [0.4, 0.5) is 10.5 Å². The summed E-state index contributed by atoms with van der Waals surface area (Å²) in [4.78, 5) is 16.8. The van der Waals surface area contributed by atoms with E-state index in [0.717, 1.165) is 9.99 Å². The Balaban J connectivity index is 1.31. The summed E-state index contributed by atoms with van der Waals surface area (Å²) in [7, 11) is -0.560. The second-order valence-corrected chi connectivity index (χ2v) is 10.6. The Morgan fingerprint density at radius 1 is 1.03 bits per heavy atom. The van der Waals surface area contributed by atoms with Gasteiger partial charge in [-0.05, 0) is 59.0 Å². The van der Waals surface area contributed by atoms with E-state index in [9.17, 15) is 13.2 Å². The van der Waals surface area contributed by atoms with Crippen molar-refractivity contribution in [3.05, 3.63) is 59.4 Å². The van der Waals surface area contributed by atoms with E-state index < -0.39 is 10.0 Å². The summed E-state index contributed by atoms with van der Waals surface area (Å²) in [5.74, 6) is 0.702. The second-order valence-electron chi connectivity index (χ2n) is 7.99. The molecule has 34 heavy (non-hydrogen) atoms. The fourth-order valence-corrected chi connectivity index (χ4v) is 4.55. The molecule has 0 spiro atoms. The Kier molecular flexibility index (Phi) is 7.12. The number of sulfonamides is 1. The van der Waals surface area contributed by atoms with E-state index in [-0.39, 0.29) is 10.9 Å². The molecule has 2 aromatic carbocycles. The molecule has 0 saturated carbocycles. The molecule has 13 heteroatoms. The molecule has 1 N–H and O–H groups in total. The number of halogens is 1. The summed E-state index contributed by atoms with van der Waals surface area (Å²) < 4.78 is 27.2. The van der Waals surface area contributed by atoms with Crippen LogP contribution >= 0.6 is 11.6 Å². The molecule has 180 valence electrons. The van der Waals surface area contributed by atoms with Crippen molar-refractivity contribution in [3.8, 4) is 5.69 Å². The number of aromatic nitrogens is 4. The lowest BCUT2D eigenvalue weighted by molar-refractivity contribution is 0.140. The molecule has 2 amide bonds. The van der Waals surface area contributed by atoms with Gasteiger partial charge in [0.05, 0.1) is 17.1 Å². The molecule has 0 atom stereocenters. The quantitative estimate of drug-likeness (QED) is 0.545. The maximum atomic E-state index is 12.7. The number of carbonyl (C=O) groups is 1. The molecule has 4 rings (SSSR count). The molecule has 1 aliphatic rings. The van der Waals surface area contributed by atoms with Crippen molar-refractivity contribution in [2.45, 2.75) is 11.4 Å². The molecule has 0 aliphatic carbocycles. The molecule has 2 heterocycles. The van der Waals surface area contributed by atoms with E-state index in [0.29, 0.717) is 49.3 Å². The average molecular weight is 505 g/mol. The third kappa shape index (κ3) is 5.36. The summed E-state index contributed by atoms with van der Waals surface area (Å²) in [5, 5.41) is 15.5. The predicted molar refractivity (Wildman–Crippen MR) is 127 cm³/mol. The Bertz CT molecular complexity index is 1240. The molecule has 0 bridgehead atoms. The van der Waals surface area contributed by atoms with Gasteiger partial charge in [-0.3, -0.25) is 4.90 Å². The molecule has 3 aromatic rings. The Labute approximate surface area is 202 Å². The van der Waals surface area contributed by atoms with Gasteiger partial charge in [0.15, 0.2) is 5.82 Å². The van der Waals surface area contributed by atoms with Crippen LogP contribution < -0.4 is 5.32 Å². The van der Waals surface area contributed by atoms with Gasteiger partial charge in [0.1, 0.15) is 0 Å². The van der Waals surface area contributed by atoms with Gasteiger partial charge in [0, 0.05) is 51.0 Å². The van der Waals surface area contributed by atoms with Gasteiger partial charge in [0.25, 0.3) is 0 Å². The van der Waals surface area contributed by atoms with E-state index in [1.165, 1.54) is 26.2 Å². The number of nitrogens with one attached hydrogen (secondary N) is 1. The van der Waals surface area contributed by atoms with Crippen molar-refractivity contribution in [3.63, 3.8) is 0 Å². The first-order valence-electron chi connectivity index (χ1n) is 10.6. The van der Waals surface area contributed by atoms with E-state index in [2.05, 4.69) is 25.7 Å². The normalized spacial score (nSPS) is 15.0. The SMILES string of the molecule is CN(C)S(=O)(=O)c1ccc(NC(=O)N2CCN(Cc3nnnn3-c3ccc(Cl)cc3)CC2)cc1. The van der Waals surface area contributed by atoms with Crippen LogP contribution in [0, 0.1) is 0 Å². The van der Waals surface area contributed by atoms with Gasteiger partial charge < -0.3 is 10.2 Å². The molecule has 0 unspecified atom stereocenters. The predicted octanol–water partition coefficient (Wildman–Crippen LogP) is 1.92. The number of hydrogen-bond acceptors (Lipinski definition) is 7. The Morgan fingerprint density at radius 2 is 1.68 bits per heavy atom. The van der Waals surface area contributed by atoms with Crippen LogP contribution in [0.5, 0.6) is 0 Å². The number of rotatable bonds is 6. The lowest BCUT2D eigenvalue weighted by Crippen LogP contribution is -2.49. The van der Waals surface area contributed by atoms with Crippen LogP contribution in [0.1, 0.15) is 5.82 Å².